The lowest BCUT2D eigenvalue weighted by atomic mass is 10.1. The Morgan fingerprint density at radius 3 is 2.30 bits per heavy atom. The van der Waals surface area contributed by atoms with Crippen LogP contribution >= 0.6 is 0 Å². The first-order chi connectivity index (χ1) is 11.0. The standard InChI is InChI=1S/C18H19N3O2/c1-5-15-9-14(8-12(4)19-15)18-20-17(21-23-18)13-6-10(2)16(22)11(3)7-13/h6-9,22H,5H2,1-4H3. The summed E-state index contributed by atoms with van der Waals surface area (Å²) >= 11 is 0. The fraction of sp³-hybridized carbons (Fsp3) is 0.278. The summed E-state index contributed by atoms with van der Waals surface area (Å²) in [6.45, 7) is 7.72. The number of aromatic hydroxyl groups is 1. The average Bonchev–Trinajstić information content (AvgIpc) is 3.01. The number of aryl methyl sites for hydroxylation is 4. The van der Waals surface area contributed by atoms with Crippen molar-refractivity contribution in [2.24, 2.45) is 0 Å². The Morgan fingerprint density at radius 1 is 0.957 bits per heavy atom. The van der Waals surface area contributed by atoms with Crippen molar-refractivity contribution in [3.63, 3.8) is 0 Å². The summed E-state index contributed by atoms with van der Waals surface area (Å²) < 4.78 is 5.42. The predicted molar refractivity (Wildman–Crippen MR) is 88.2 cm³/mol. The van der Waals surface area contributed by atoms with Crippen molar-refractivity contribution in [2.45, 2.75) is 34.1 Å². The third-order valence-electron chi connectivity index (χ3n) is 3.79. The Balaban J connectivity index is 2.02. The van der Waals surface area contributed by atoms with Crippen molar-refractivity contribution in [1.82, 2.24) is 15.1 Å². The van der Waals surface area contributed by atoms with Crippen molar-refractivity contribution < 1.29 is 9.63 Å². The molecule has 2 heterocycles. The number of hydrogen-bond acceptors (Lipinski definition) is 5. The van der Waals surface area contributed by atoms with Crippen LogP contribution in [0.25, 0.3) is 22.8 Å². The van der Waals surface area contributed by atoms with Gasteiger partial charge in [0, 0.05) is 22.5 Å². The third-order valence-corrected chi connectivity index (χ3v) is 3.79. The number of hydrogen-bond donors (Lipinski definition) is 1. The molecule has 0 aliphatic heterocycles. The number of aromatic nitrogens is 3. The lowest BCUT2D eigenvalue weighted by Crippen LogP contribution is -1.92. The van der Waals surface area contributed by atoms with Gasteiger partial charge in [-0.15, -0.1) is 0 Å². The highest BCUT2D eigenvalue weighted by atomic mass is 16.5. The molecule has 5 heteroatoms. The van der Waals surface area contributed by atoms with Crippen LogP contribution in [0.15, 0.2) is 28.8 Å². The van der Waals surface area contributed by atoms with Gasteiger partial charge in [0.15, 0.2) is 0 Å². The minimum absolute atomic E-state index is 0.301. The van der Waals surface area contributed by atoms with Gasteiger partial charge in [0.25, 0.3) is 5.89 Å². The van der Waals surface area contributed by atoms with Crippen molar-refractivity contribution in [3.05, 3.63) is 46.8 Å². The number of pyridine rings is 1. The second kappa shape index (κ2) is 5.83. The molecule has 0 spiro atoms. The molecule has 0 saturated carbocycles. The summed E-state index contributed by atoms with van der Waals surface area (Å²) in [7, 11) is 0. The van der Waals surface area contributed by atoms with Crippen LogP contribution in [0.2, 0.25) is 0 Å². The fourth-order valence-corrected chi connectivity index (χ4v) is 2.58. The van der Waals surface area contributed by atoms with E-state index in [1.54, 1.807) is 0 Å². The van der Waals surface area contributed by atoms with E-state index in [2.05, 4.69) is 22.0 Å². The first kappa shape index (κ1) is 15.2. The van der Waals surface area contributed by atoms with Crippen LogP contribution in [0.3, 0.4) is 0 Å². The average molecular weight is 309 g/mol. The van der Waals surface area contributed by atoms with Crippen LogP contribution in [0, 0.1) is 20.8 Å². The fourth-order valence-electron chi connectivity index (χ4n) is 2.58. The van der Waals surface area contributed by atoms with E-state index < -0.39 is 0 Å². The molecule has 5 nitrogen and oxygen atoms in total. The van der Waals surface area contributed by atoms with Gasteiger partial charge in [-0.2, -0.15) is 4.98 Å². The Morgan fingerprint density at radius 2 is 1.65 bits per heavy atom. The van der Waals surface area contributed by atoms with Crippen LogP contribution < -0.4 is 0 Å². The molecule has 0 amide bonds. The van der Waals surface area contributed by atoms with E-state index in [-0.39, 0.29) is 0 Å². The van der Waals surface area contributed by atoms with Gasteiger partial charge in [0.05, 0.1) is 0 Å². The molecule has 3 rings (SSSR count). The third kappa shape index (κ3) is 2.95. The smallest absolute Gasteiger partial charge is 0.258 e. The molecule has 0 aliphatic carbocycles. The summed E-state index contributed by atoms with van der Waals surface area (Å²) in [6.07, 6.45) is 0.853. The minimum atomic E-state index is 0.301. The second-order valence-corrected chi connectivity index (χ2v) is 5.72. The van der Waals surface area contributed by atoms with Gasteiger partial charge in [0.2, 0.25) is 5.82 Å². The van der Waals surface area contributed by atoms with Gasteiger partial charge in [-0.1, -0.05) is 12.1 Å². The Hall–Kier alpha value is -2.69. The predicted octanol–water partition coefficient (Wildman–Crippen LogP) is 3.99. The van der Waals surface area contributed by atoms with Crippen molar-refractivity contribution in [1.29, 1.82) is 0 Å². The maximum atomic E-state index is 9.88. The molecule has 0 fully saturated rings. The van der Waals surface area contributed by atoms with Crippen LogP contribution in [0.4, 0.5) is 0 Å². The maximum absolute atomic E-state index is 9.88. The first-order valence-electron chi connectivity index (χ1n) is 7.60. The summed E-state index contributed by atoms with van der Waals surface area (Å²) in [6, 6.07) is 7.61. The lowest BCUT2D eigenvalue weighted by molar-refractivity contribution is 0.432. The monoisotopic (exact) mass is 309 g/mol. The Labute approximate surface area is 135 Å². The highest BCUT2D eigenvalue weighted by molar-refractivity contribution is 5.63. The van der Waals surface area contributed by atoms with Crippen LogP contribution in [0.1, 0.15) is 29.4 Å². The lowest BCUT2D eigenvalue weighted by Gasteiger charge is -2.04. The van der Waals surface area contributed by atoms with E-state index >= 15 is 0 Å². The van der Waals surface area contributed by atoms with Crippen LogP contribution in [0.5, 0.6) is 5.75 Å². The largest absolute Gasteiger partial charge is 0.507 e. The van der Waals surface area contributed by atoms with E-state index in [1.165, 1.54) is 0 Å². The van der Waals surface area contributed by atoms with E-state index in [9.17, 15) is 5.11 Å². The van der Waals surface area contributed by atoms with Crippen LogP contribution in [-0.4, -0.2) is 20.2 Å². The molecule has 0 bridgehead atoms. The molecule has 1 aromatic carbocycles. The Bertz CT molecular complexity index is 845. The molecular formula is C18H19N3O2. The van der Waals surface area contributed by atoms with Gasteiger partial charge < -0.3 is 9.63 Å². The molecule has 23 heavy (non-hydrogen) atoms. The number of phenolic OH excluding ortho intramolecular Hbond substituents is 1. The zero-order chi connectivity index (χ0) is 16.6. The molecule has 2 aromatic heterocycles. The zero-order valence-corrected chi connectivity index (χ0v) is 13.7. The minimum Gasteiger partial charge on any atom is -0.507 e. The van der Waals surface area contributed by atoms with Crippen molar-refractivity contribution in [3.8, 4) is 28.6 Å². The van der Waals surface area contributed by atoms with Gasteiger partial charge in [-0.3, -0.25) is 4.98 Å². The number of rotatable bonds is 3. The highest BCUT2D eigenvalue weighted by Gasteiger charge is 2.14. The molecular weight excluding hydrogens is 290 g/mol. The van der Waals surface area contributed by atoms with Gasteiger partial charge in [0.1, 0.15) is 5.75 Å². The van der Waals surface area contributed by atoms with E-state index in [1.807, 2.05) is 45.0 Å². The highest BCUT2D eigenvalue weighted by Crippen LogP contribution is 2.29. The summed E-state index contributed by atoms with van der Waals surface area (Å²) in [5.74, 6) is 1.29. The number of nitrogens with zero attached hydrogens (tertiary/aromatic N) is 3. The zero-order valence-electron chi connectivity index (χ0n) is 13.7. The molecule has 0 atom stereocenters. The quantitative estimate of drug-likeness (QED) is 0.792. The molecule has 0 radical (unpaired) electrons. The van der Waals surface area contributed by atoms with Gasteiger partial charge >= 0.3 is 0 Å². The summed E-state index contributed by atoms with van der Waals surface area (Å²) in [4.78, 5) is 8.95. The molecule has 0 unspecified atom stereocenters. The van der Waals surface area contributed by atoms with Crippen molar-refractivity contribution in [2.75, 3.05) is 0 Å². The molecule has 1 N–H and O–H groups in total. The SMILES string of the molecule is CCc1cc(-c2nc(-c3cc(C)c(O)c(C)c3)no2)cc(C)n1. The molecule has 118 valence electrons. The summed E-state index contributed by atoms with van der Waals surface area (Å²) in [5.41, 5.74) is 5.21. The Kier molecular flexibility index (Phi) is 3.86. The second-order valence-electron chi connectivity index (χ2n) is 5.72. The van der Waals surface area contributed by atoms with Gasteiger partial charge in [-0.05, 0) is 62.6 Å². The van der Waals surface area contributed by atoms with Crippen molar-refractivity contribution >= 4 is 0 Å². The molecule has 0 saturated heterocycles. The number of benzene rings is 1. The maximum Gasteiger partial charge on any atom is 0.258 e. The summed E-state index contributed by atoms with van der Waals surface area (Å²) in [5, 5.41) is 13.9. The first-order valence-corrected chi connectivity index (χ1v) is 7.60. The molecule has 3 aromatic rings. The molecule has 0 aliphatic rings. The topological polar surface area (TPSA) is 72.0 Å². The van der Waals surface area contributed by atoms with E-state index in [4.69, 9.17) is 4.52 Å². The van der Waals surface area contributed by atoms with E-state index in [0.29, 0.717) is 17.5 Å². The number of phenols is 1. The van der Waals surface area contributed by atoms with Crippen LogP contribution in [-0.2, 0) is 6.42 Å². The van der Waals surface area contributed by atoms with Gasteiger partial charge in [-0.25, -0.2) is 0 Å². The van der Waals surface area contributed by atoms with E-state index in [0.717, 1.165) is 40.1 Å². The normalized spacial score (nSPS) is 11.0.